The number of rotatable bonds is 21. The third-order valence-corrected chi connectivity index (χ3v) is 24.2. The van der Waals surface area contributed by atoms with Crippen molar-refractivity contribution in [1.82, 2.24) is 92.9 Å². The van der Waals surface area contributed by atoms with E-state index in [2.05, 4.69) is 54.7 Å². The number of imidazole rings is 4. The van der Waals surface area contributed by atoms with Gasteiger partial charge in [-0.3, -0.25) is 19.2 Å². The van der Waals surface area contributed by atoms with Gasteiger partial charge in [0.15, 0.2) is 5.82 Å². The van der Waals surface area contributed by atoms with Gasteiger partial charge in [-0.1, -0.05) is 152 Å². The molecule has 0 unspecified atom stereocenters. The Kier molecular flexibility index (Phi) is 29.2. The first-order valence-corrected chi connectivity index (χ1v) is 45.2. The van der Waals surface area contributed by atoms with Gasteiger partial charge in [0.05, 0.1) is 29.9 Å². The lowest BCUT2D eigenvalue weighted by molar-refractivity contribution is -0.132. The van der Waals surface area contributed by atoms with E-state index >= 15 is 0 Å². The van der Waals surface area contributed by atoms with Crippen LogP contribution in [0.5, 0.6) is 5.75 Å². The molecule has 4 fully saturated rings. The minimum absolute atomic E-state index is 0.0321. The Hall–Kier alpha value is -16.3. The van der Waals surface area contributed by atoms with Crippen LogP contribution < -0.4 is 24.3 Å². The van der Waals surface area contributed by atoms with E-state index in [0.29, 0.717) is 155 Å². The fourth-order valence-electron chi connectivity index (χ4n) is 16.7. The number of hydrogen-bond donors (Lipinski definition) is 0. The van der Waals surface area contributed by atoms with Crippen LogP contribution >= 0.6 is 0 Å². The van der Waals surface area contributed by atoms with Crippen LogP contribution in [0.2, 0.25) is 0 Å². The van der Waals surface area contributed by atoms with Crippen LogP contribution in [0.15, 0.2) is 305 Å². The fraction of sp³-hybridized carbons (Fsp3) is 0.229. The maximum absolute atomic E-state index is 13.8. The largest absolute Gasteiger partial charge is 0.497 e. The van der Waals surface area contributed by atoms with E-state index in [9.17, 15) is 32.3 Å². The van der Waals surface area contributed by atoms with Gasteiger partial charge < -0.3 is 62.2 Å². The molecule has 16 aromatic rings. The summed E-state index contributed by atoms with van der Waals surface area (Å²) in [5.41, 5.74) is 11.9. The zero-order valence-corrected chi connectivity index (χ0v) is 76.0. The third-order valence-electron chi connectivity index (χ3n) is 24.2. The van der Waals surface area contributed by atoms with Crippen LogP contribution in [0.1, 0.15) is 16.7 Å². The van der Waals surface area contributed by atoms with Crippen LogP contribution in [-0.2, 0) is 45.4 Å². The number of carbonyl (C=O) groups is 4. The summed E-state index contributed by atoms with van der Waals surface area (Å²) >= 11 is 0. The summed E-state index contributed by atoms with van der Waals surface area (Å²) in [5, 5.41) is 8.11. The molecule has 0 bridgehead atoms. The topological polar surface area (TPSA) is 265 Å². The van der Waals surface area contributed by atoms with E-state index < -0.39 is 0 Å². The van der Waals surface area contributed by atoms with Crippen molar-refractivity contribution in [3.8, 4) is 96.3 Å². The second-order valence-electron chi connectivity index (χ2n) is 33.2. The third kappa shape index (κ3) is 22.5. The van der Waals surface area contributed by atoms with Crippen molar-refractivity contribution in [1.29, 1.82) is 0 Å². The van der Waals surface area contributed by atoms with Crippen molar-refractivity contribution in [3.63, 3.8) is 0 Å². The van der Waals surface area contributed by atoms with Gasteiger partial charge in [0, 0.05) is 217 Å². The van der Waals surface area contributed by atoms with E-state index in [4.69, 9.17) is 24.7 Å². The van der Waals surface area contributed by atoms with Gasteiger partial charge in [0.2, 0.25) is 35.5 Å². The molecule has 20 rings (SSSR count). The Morgan fingerprint density at radius 2 is 0.581 bits per heavy atom. The lowest BCUT2D eigenvalue weighted by Gasteiger charge is -2.35. The summed E-state index contributed by atoms with van der Waals surface area (Å²) in [6.45, 7) is 16.6. The molecule has 8 aromatic carbocycles. The molecule has 8 aromatic heterocycles. The molecular formula is C105H102F3N23O5. The number of aromatic nitrogens is 15. The number of pyridine rings is 1. The molecule has 4 aliphatic heterocycles. The number of amides is 4. The van der Waals surface area contributed by atoms with Gasteiger partial charge in [-0.25, -0.2) is 58.0 Å². The highest BCUT2D eigenvalue weighted by Gasteiger charge is 2.30. The summed E-state index contributed by atoms with van der Waals surface area (Å²) in [5.74, 6) is 6.22. The van der Waals surface area contributed by atoms with Crippen molar-refractivity contribution in [2.45, 2.75) is 47.0 Å². The van der Waals surface area contributed by atoms with Crippen molar-refractivity contribution >= 4 is 47.2 Å². The summed E-state index contributed by atoms with van der Waals surface area (Å²) in [6, 6.07) is 75.4. The van der Waals surface area contributed by atoms with Crippen molar-refractivity contribution in [2.24, 2.45) is 0 Å². The summed E-state index contributed by atoms with van der Waals surface area (Å²) in [4.78, 5) is 110. The van der Waals surface area contributed by atoms with Crippen LogP contribution in [0, 0.1) is 38.2 Å². The van der Waals surface area contributed by atoms with E-state index in [1.54, 1.807) is 108 Å². The fourth-order valence-corrected chi connectivity index (χ4v) is 16.7. The molecule has 688 valence electrons. The molecule has 0 aliphatic carbocycles. The number of benzene rings is 8. The highest BCUT2D eigenvalue weighted by molar-refractivity contribution is 5.81. The molecule has 0 radical (unpaired) electrons. The van der Waals surface area contributed by atoms with E-state index in [1.165, 1.54) is 18.2 Å². The molecule has 0 atom stereocenters. The molecule has 31 heteroatoms. The minimum atomic E-state index is -0.250. The summed E-state index contributed by atoms with van der Waals surface area (Å²) in [6.07, 6.45) is 17.9. The first-order chi connectivity index (χ1) is 66.4. The highest BCUT2D eigenvalue weighted by atomic mass is 19.1. The van der Waals surface area contributed by atoms with Crippen molar-refractivity contribution in [2.75, 3.05) is 131 Å². The van der Waals surface area contributed by atoms with Gasteiger partial charge in [-0.15, -0.1) is 5.10 Å². The van der Waals surface area contributed by atoms with Gasteiger partial charge in [0.1, 0.15) is 78.5 Å². The normalized spacial score (nSPS) is 13.8. The second kappa shape index (κ2) is 43.4. The number of halogens is 3. The maximum Gasteiger partial charge on any atom is 0.242 e. The zero-order valence-electron chi connectivity index (χ0n) is 76.0. The first-order valence-electron chi connectivity index (χ1n) is 45.2. The van der Waals surface area contributed by atoms with Crippen molar-refractivity contribution < 1.29 is 37.1 Å². The standard InChI is InChI=1S/C28H28FN5O2.2C26H25FN6O.C25H24N6O/c1-20-16-22(8-9-24(20)29)25-18-34(28(31-25)21-6-4-3-5-7-21)19-27(35)33-14-12-32(13-15-33)26-17-23(36-2)10-11-30-26;1-19-16-21(8-9-22(19)27)23-17-33(25(30-23)20-6-3-2-4-7-20)18-24(34)31-12-14-32(15-13-31)26-28-10-5-11-29-26;1-19-16-21(9-10-22(19)27)23-17-33(26(29-23)20-6-3-2-4-7-20)18-25(34)32-14-12-31(13-15-32)24-8-5-11-28-30-24;32-23(29-14-16-30(17-15-29)25-26-12-7-13-27-25)19-31-18-22(20-8-3-1-4-9-20)28-24(31)21-10-5-2-6-11-21/h3-11,16-18H,12-15,19H2,1-2H3;2*2-11,16-17H,12-15,18H2,1H3;1-13,18H,14-17,19H2. The Balaban J connectivity index is 0.000000126. The van der Waals surface area contributed by atoms with Crippen LogP contribution in [-0.4, -0.2) is 228 Å². The number of hydrogen-bond acceptors (Lipinski definition) is 20. The Morgan fingerprint density at radius 3 is 0.875 bits per heavy atom. The highest BCUT2D eigenvalue weighted by Crippen LogP contribution is 2.33. The predicted molar refractivity (Wildman–Crippen MR) is 519 cm³/mol. The first kappa shape index (κ1) is 91.5. The molecule has 4 amide bonds. The lowest BCUT2D eigenvalue weighted by Crippen LogP contribution is -2.50. The number of piperazine rings is 4. The van der Waals surface area contributed by atoms with E-state index in [0.717, 1.165) is 86.5 Å². The molecule has 28 nitrogen and oxygen atoms in total. The SMILES string of the molecule is COc1ccnc(N2CCN(C(=O)Cn3cc(-c4ccc(F)c(C)c4)nc3-c3ccccc3)CC2)c1.Cc1cc(-c2cn(CC(=O)N3CCN(c4cccnn4)CC3)c(-c3ccccc3)n2)ccc1F.Cc1cc(-c2cn(CC(=O)N3CCN(c4ncccn4)CC3)c(-c3ccccc3)n2)ccc1F.O=C(Cn1cc(-c2ccccc2)nc1-c1ccccc1)N1CCN(c2ncccn2)CC1. The number of methoxy groups -OCH3 is 1. The number of nitrogens with zero attached hydrogens (tertiary/aromatic N) is 23. The Labute approximate surface area is 786 Å². The molecular weight excluding hydrogens is 1720 g/mol. The molecule has 4 aliphatic rings. The van der Waals surface area contributed by atoms with Crippen LogP contribution in [0.4, 0.5) is 36.7 Å². The quantitative estimate of drug-likeness (QED) is 0.0647. The van der Waals surface area contributed by atoms with Gasteiger partial charge in [-0.05, 0) is 122 Å². The number of ether oxygens (including phenoxy) is 1. The van der Waals surface area contributed by atoms with Crippen LogP contribution in [0.3, 0.4) is 0 Å². The predicted octanol–water partition coefficient (Wildman–Crippen LogP) is 15.4. The smallest absolute Gasteiger partial charge is 0.242 e. The molecule has 0 saturated carbocycles. The zero-order chi connectivity index (χ0) is 93.8. The maximum atomic E-state index is 13.8. The Morgan fingerprint density at radius 1 is 0.287 bits per heavy atom. The molecule has 0 N–H and O–H groups in total. The van der Waals surface area contributed by atoms with Crippen molar-refractivity contribution in [3.05, 3.63) is 339 Å². The molecule has 4 saturated heterocycles. The second-order valence-corrected chi connectivity index (χ2v) is 33.2. The van der Waals surface area contributed by atoms with Gasteiger partial charge in [0.25, 0.3) is 0 Å². The average molecular weight is 1820 g/mol. The lowest BCUT2D eigenvalue weighted by atomic mass is 10.1. The van der Waals surface area contributed by atoms with Gasteiger partial charge in [-0.2, -0.15) is 5.10 Å². The molecule has 136 heavy (non-hydrogen) atoms. The average Bonchev–Trinajstić information content (AvgIpc) is 1.64. The minimum Gasteiger partial charge on any atom is -0.497 e. The molecule has 0 spiro atoms. The summed E-state index contributed by atoms with van der Waals surface area (Å²) in [7, 11) is 1.64. The monoisotopic (exact) mass is 1820 g/mol. The van der Waals surface area contributed by atoms with Crippen LogP contribution in [0.25, 0.3) is 90.6 Å². The summed E-state index contributed by atoms with van der Waals surface area (Å²) < 4.78 is 54.3. The van der Waals surface area contributed by atoms with Gasteiger partial charge >= 0.3 is 0 Å². The van der Waals surface area contributed by atoms with E-state index in [1.807, 2.05) is 245 Å². The molecule has 12 heterocycles. The Bertz CT molecular complexity index is 6510. The van der Waals surface area contributed by atoms with E-state index in [-0.39, 0.29) is 67.3 Å². The number of aryl methyl sites for hydroxylation is 3. The number of anilines is 4. The number of carbonyl (C=O) groups excluding carboxylic acids is 4.